The standard InChI is InChI=1S/C21H26ClNO3S.2C20H25ClN2O3S.C19H27F2NO2S.C18H20ClNO3S/c1-21(2)18(11-7-15-13-16(22)8-12-19(15)26-3)20(21)14-5-9-17(10-6-14)23-27(4,24)25;1-20(2)17(10-6-14-12-15(21)7-11-18(14)26-3)19(20)13-4-8-16(9-5-13)23-27(22,24)25;1-20(2)16(10-11-23-17-12-14(21)6-9-18(17)26-3)19(20)13-4-7-15(8-5-13)27(22,24)25;1-18(2)16(11-8-14-5-3-4-12-19(14,20)21)17(18)13-6-9-15(10-7-13)25(22,23)24;1-23-18-9-6-15(19)10-14(18)3-2-13-11-17(13)12-4-7-16(8-5-12)24(20,21)22/h5-6,8-10,12-13,18,20,23H,7,11H2,1-4H3;4-5,7-9,11-12,17,19,23H,6,10H2,1-3H3,(H2,22,24,25);4-9,12,16,19,23H,10-11H2,1-3H3,(H2,22,24,25);6-7,9-10,14,16-17H,3-5,8,11-12H2,1-2H3,(H2,22,23,24);4-10,13,17H,2-3,11H2,1H3,(H2,20,21,22). The van der Waals surface area contributed by atoms with Gasteiger partial charge in [0.15, 0.2) is 0 Å². The van der Waals surface area contributed by atoms with Crippen LogP contribution in [0.15, 0.2) is 209 Å². The molecule has 6 aliphatic rings. The molecule has 0 amide bonds. The topological polar surface area (TPSA) is 348 Å². The Balaban J connectivity index is 0.000000157. The Labute approximate surface area is 788 Å². The number of aryl methyl sites for hydroxylation is 3. The summed E-state index contributed by atoms with van der Waals surface area (Å²) < 4.78 is 168. The molecule has 0 aromatic heterocycles. The lowest BCUT2D eigenvalue weighted by molar-refractivity contribution is -0.0892. The second-order valence-electron chi connectivity index (χ2n) is 37.7. The van der Waals surface area contributed by atoms with Crippen LogP contribution in [0.4, 0.5) is 25.8 Å². The monoisotopic (exact) mass is 1960 g/mol. The molecule has 6 saturated carbocycles. The second kappa shape index (κ2) is 41.6. The van der Waals surface area contributed by atoms with Gasteiger partial charge in [-0.25, -0.2) is 63.0 Å². The summed E-state index contributed by atoms with van der Waals surface area (Å²) >= 11 is 24.4. The Morgan fingerprint density at radius 1 is 0.385 bits per heavy atom. The second-order valence-corrected chi connectivity index (χ2v) is 47.1. The normalized spacial score (nSPS) is 22.7. The number of benzene rings is 9. The van der Waals surface area contributed by atoms with E-state index in [0.717, 1.165) is 149 Å². The van der Waals surface area contributed by atoms with Gasteiger partial charge in [-0.1, -0.05) is 169 Å². The van der Waals surface area contributed by atoms with E-state index in [1.54, 1.807) is 83.0 Å². The molecule has 11 atom stereocenters. The third kappa shape index (κ3) is 26.8. The van der Waals surface area contributed by atoms with E-state index in [9.17, 15) is 50.9 Å². The molecule has 0 spiro atoms. The highest BCUT2D eigenvalue weighted by Crippen LogP contribution is 2.69. The highest BCUT2D eigenvalue weighted by atomic mass is 35.5. The maximum Gasteiger partial charge on any atom is 0.296 e. The van der Waals surface area contributed by atoms with Crippen LogP contribution in [-0.2, 0) is 69.6 Å². The minimum atomic E-state index is -3.75. The summed E-state index contributed by atoms with van der Waals surface area (Å²) in [7, 11) is -11.3. The van der Waals surface area contributed by atoms with Gasteiger partial charge >= 0.3 is 0 Å². The van der Waals surface area contributed by atoms with Crippen LogP contribution in [0.25, 0.3) is 0 Å². The van der Waals surface area contributed by atoms with Crippen molar-refractivity contribution in [3.8, 4) is 23.0 Å². The molecule has 0 aliphatic heterocycles. The molecule has 15 rings (SSSR count). The van der Waals surface area contributed by atoms with Gasteiger partial charge in [0.2, 0.25) is 40.1 Å². The van der Waals surface area contributed by atoms with E-state index >= 15 is 0 Å². The number of alkyl halides is 2. The van der Waals surface area contributed by atoms with Crippen LogP contribution >= 0.6 is 46.4 Å². The Hall–Kier alpha value is -7.81. The van der Waals surface area contributed by atoms with Crippen LogP contribution in [0.2, 0.25) is 20.1 Å². The average Bonchev–Trinajstić information content (AvgIpc) is 1.59. The van der Waals surface area contributed by atoms with Crippen LogP contribution in [0.5, 0.6) is 23.0 Å². The van der Waals surface area contributed by atoms with Crippen molar-refractivity contribution < 1.29 is 69.8 Å². The zero-order chi connectivity index (χ0) is 95.2. The van der Waals surface area contributed by atoms with Gasteiger partial charge < -0.3 is 24.3 Å². The number of methoxy groups -OCH3 is 4. The fourth-order valence-electron chi connectivity index (χ4n) is 20.2. The van der Waals surface area contributed by atoms with Gasteiger partial charge in [-0.15, -0.1) is 0 Å². The molecular formula is C98H123Cl4F2N7O14S5. The van der Waals surface area contributed by atoms with Crippen molar-refractivity contribution in [2.75, 3.05) is 56.0 Å². The molecule has 0 heterocycles. The van der Waals surface area contributed by atoms with E-state index in [-0.39, 0.29) is 42.8 Å². The van der Waals surface area contributed by atoms with Gasteiger partial charge in [0.05, 0.1) is 55.1 Å². The molecule has 130 heavy (non-hydrogen) atoms. The maximum atomic E-state index is 14.0. The largest absolute Gasteiger partial charge is 0.496 e. The summed E-state index contributed by atoms with van der Waals surface area (Å²) in [5.74, 6) is 5.06. The summed E-state index contributed by atoms with van der Waals surface area (Å²) in [5.41, 5.74) is 11.8. The number of hydrogen-bond acceptors (Lipinski definition) is 15. The molecule has 11 N–H and O–H groups in total. The SMILES string of the molecule is CC1(C)C(CCC2CCCCC2(F)F)C1c1ccc(S(N)(=O)=O)cc1.COc1ccc(Cl)cc1CCC1C(c2ccc(NS(C)(=O)=O)cc2)C1(C)C.COc1ccc(Cl)cc1CCC1C(c2ccc(NS(N)(=O)=O)cc2)C1(C)C.COc1ccc(Cl)cc1CCC1CC1c1ccc(S(N)(=O)=O)cc1.COc1ccc(Cl)cc1NCCC1C(c2ccc(S(N)(=O)=O)cc2)C1(C)C. The number of nitrogens with two attached hydrogens (primary N) is 4. The highest BCUT2D eigenvalue weighted by molar-refractivity contribution is 7.92. The van der Waals surface area contributed by atoms with Crippen LogP contribution in [0, 0.1) is 57.2 Å². The number of anilines is 3. The average molecular weight is 1960 g/mol. The molecule has 9 aromatic carbocycles. The summed E-state index contributed by atoms with van der Waals surface area (Å²) in [5, 5.41) is 26.7. The van der Waals surface area contributed by atoms with Crippen LogP contribution in [-0.4, -0.2) is 89.3 Å². The Morgan fingerprint density at radius 2 is 0.708 bits per heavy atom. The first-order valence-corrected chi connectivity index (χ1v) is 53.2. The predicted octanol–water partition coefficient (Wildman–Crippen LogP) is 22.1. The van der Waals surface area contributed by atoms with Gasteiger partial charge in [0.1, 0.15) is 23.0 Å². The number of rotatable bonds is 32. The Bertz CT molecular complexity index is 5900. The number of sulfonamides is 4. The van der Waals surface area contributed by atoms with Crippen LogP contribution in [0.1, 0.15) is 200 Å². The molecule has 32 heteroatoms. The lowest BCUT2D eigenvalue weighted by atomic mass is 9.82. The maximum absolute atomic E-state index is 14.0. The number of hydrogen-bond donors (Lipinski definition) is 7. The van der Waals surface area contributed by atoms with Crippen molar-refractivity contribution in [3.63, 3.8) is 0 Å². The molecular weight excluding hydrogens is 1840 g/mol. The number of halogens is 6. The van der Waals surface area contributed by atoms with E-state index < -0.39 is 62.1 Å². The van der Waals surface area contributed by atoms with E-state index in [0.29, 0.717) is 94.8 Å². The van der Waals surface area contributed by atoms with Crippen molar-refractivity contribution in [1.82, 2.24) is 0 Å². The fraction of sp³-hybridized carbons (Fsp3) is 0.449. The third-order valence-corrected chi connectivity index (χ3v) is 32.5. The predicted molar refractivity (Wildman–Crippen MR) is 519 cm³/mol. The number of ether oxygens (including phenoxy) is 4. The molecule has 11 unspecified atom stereocenters. The molecule has 6 fully saturated rings. The van der Waals surface area contributed by atoms with Crippen LogP contribution in [0.3, 0.4) is 0 Å². The van der Waals surface area contributed by atoms with Gasteiger partial charge in [0.25, 0.3) is 16.1 Å². The van der Waals surface area contributed by atoms with Crippen molar-refractivity contribution >= 4 is 114 Å². The minimum Gasteiger partial charge on any atom is -0.496 e. The van der Waals surface area contributed by atoms with Crippen molar-refractivity contribution in [1.29, 1.82) is 0 Å². The third-order valence-electron chi connectivity index (χ3n) is 27.6. The van der Waals surface area contributed by atoms with E-state index in [2.05, 4.69) is 70.2 Å². The highest BCUT2D eigenvalue weighted by Gasteiger charge is 2.60. The fourth-order valence-corrected chi connectivity index (χ4v) is 23.5. The Kier molecular flexibility index (Phi) is 32.8. The van der Waals surface area contributed by atoms with Gasteiger partial charge in [-0.05, 0) is 336 Å². The van der Waals surface area contributed by atoms with E-state index in [1.165, 1.54) is 28.8 Å². The molecule has 9 aromatic rings. The van der Waals surface area contributed by atoms with Crippen molar-refractivity contribution in [2.45, 2.75) is 195 Å². The smallest absolute Gasteiger partial charge is 0.296 e. The van der Waals surface area contributed by atoms with E-state index in [1.807, 2.05) is 127 Å². The molecule has 0 bridgehead atoms. The van der Waals surface area contributed by atoms with Crippen molar-refractivity contribution in [3.05, 3.63) is 259 Å². The van der Waals surface area contributed by atoms with Gasteiger partial charge in [-0.3, -0.25) is 9.44 Å². The zero-order valence-electron chi connectivity index (χ0n) is 75.8. The number of nitrogens with one attached hydrogen (secondary N) is 3. The molecule has 706 valence electrons. The first-order chi connectivity index (χ1) is 60.8. The van der Waals surface area contributed by atoms with Crippen LogP contribution < -0.4 is 54.3 Å². The summed E-state index contributed by atoms with van der Waals surface area (Å²) in [4.78, 5) is 0.413. The molecule has 21 nitrogen and oxygen atoms in total. The molecule has 0 saturated heterocycles. The summed E-state index contributed by atoms with van der Waals surface area (Å²) in [6.07, 6.45) is 12.7. The van der Waals surface area contributed by atoms with Crippen molar-refractivity contribution in [2.24, 2.45) is 77.7 Å². The first-order valence-electron chi connectivity index (χ1n) is 43.6. The minimum absolute atomic E-state index is 0.0319. The first kappa shape index (κ1) is 103. The molecule has 0 radical (unpaired) electrons. The Morgan fingerprint density at radius 3 is 1.05 bits per heavy atom. The van der Waals surface area contributed by atoms with Gasteiger partial charge in [0, 0.05) is 50.3 Å². The lowest BCUT2D eigenvalue weighted by Gasteiger charge is -2.31. The summed E-state index contributed by atoms with van der Waals surface area (Å²) in [6, 6.07) is 58.3. The lowest BCUT2D eigenvalue weighted by Crippen LogP contribution is -2.31. The number of primary sulfonamides is 3. The summed E-state index contributed by atoms with van der Waals surface area (Å²) in [6.45, 7) is 18.7. The molecule has 6 aliphatic carbocycles. The van der Waals surface area contributed by atoms with E-state index in [4.69, 9.17) is 85.9 Å². The quantitative estimate of drug-likeness (QED) is 0.0206. The zero-order valence-corrected chi connectivity index (χ0v) is 82.9. The van der Waals surface area contributed by atoms with Gasteiger partial charge in [-0.2, -0.15) is 8.42 Å².